The van der Waals surface area contributed by atoms with Crippen molar-refractivity contribution in [1.82, 2.24) is 62.3 Å². The van der Waals surface area contributed by atoms with Gasteiger partial charge in [-0.1, -0.05) is 119 Å². The molecule has 7 aromatic carbocycles. The van der Waals surface area contributed by atoms with Gasteiger partial charge < -0.3 is 47.3 Å². The van der Waals surface area contributed by atoms with E-state index in [1.54, 1.807) is 12.3 Å². The first-order valence-corrected chi connectivity index (χ1v) is 40.6. The second kappa shape index (κ2) is 34.8. The molecule has 0 atom stereocenters. The Hall–Kier alpha value is -11.9. The van der Waals surface area contributed by atoms with Gasteiger partial charge in [-0.25, -0.2) is 4.39 Å². The minimum Gasteiger partial charge on any atom is -0.320 e. The molecule has 5 aliphatic heterocycles. The lowest BCUT2D eigenvalue weighted by molar-refractivity contribution is 0.312. The van der Waals surface area contributed by atoms with Crippen LogP contribution in [0.1, 0.15) is 106 Å². The number of benzene rings is 7. The highest BCUT2D eigenvalue weighted by Gasteiger charge is 2.27. The van der Waals surface area contributed by atoms with Crippen molar-refractivity contribution in [2.24, 2.45) is 0 Å². The van der Waals surface area contributed by atoms with Crippen molar-refractivity contribution in [3.8, 4) is 0 Å². The minimum atomic E-state index is -0.181. The van der Waals surface area contributed by atoms with Gasteiger partial charge in [0.2, 0.25) is 0 Å². The molecule has 0 fully saturated rings. The van der Waals surface area contributed by atoms with Crippen molar-refractivity contribution in [3.63, 3.8) is 0 Å². The van der Waals surface area contributed by atoms with Crippen LogP contribution in [0.3, 0.4) is 0 Å². The lowest BCUT2D eigenvalue weighted by Gasteiger charge is -2.23. The van der Waals surface area contributed by atoms with Gasteiger partial charge in [-0.3, -0.25) is 15.0 Å². The summed E-state index contributed by atoms with van der Waals surface area (Å²) in [5, 5.41) is 6.61. The van der Waals surface area contributed by atoms with E-state index in [9.17, 15) is 4.39 Å². The fourth-order valence-corrected chi connectivity index (χ4v) is 17.3. The number of fused-ring (bicyclic) bond motifs is 15. The predicted octanol–water partition coefficient (Wildman–Crippen LogP) is 20.8. The maximum atomic E-state index is 13.7. The zero-order valence-corrected chi connectivity index (χ0v) is 67.9. The molecule has 13 heterocycles. The fraction of sp³-hybridized carbons (Fsp3) is 0.238. The number of nitrogens with zero attached hydrogens (tertiary/aromatic N) is 13. The van der Waals surface area contributed by atoms with Crippen molar-refractivity contribution in [3.05, 3.63) is 337 Å². The van der Waals surface area contributed by atoms with E-state index >= 15 is 0 Å². The smallest absolute Gasteiger partial charge is 0.123 e. The van der Waals surface area contributed by atoms with Crippen molar-refractivity contribution >= 4 is 116 Å². The molecule has 15 aromatic rings. The summed E-state index contributed by atoms with van der Waals surface area (Å²) in [6, 6.07) is 67.2. The van der Waals surface area contributed by atoms with E-state index in [1.165, 1.54) is 145 Å². The summed E-state index contributed by atoms with van der Waals surface area (Å²) in [6.45, 7) is 19.2. The zero-order chi connectivity index (χ0) is 79.1. The molecule has 580 valence electrons. The van der Waals surface area contributed by atoms with Crippen molar-refractivity contribution in [1.29, 1.82) is 0 Å². The zero-order valence-electron chi connectivity index (χ0n) is 67.9. The third kappa shape index (κ3) is 17.3. The molecule has 8 aromatic heterocycles. The first-order valence-electron chi connectivity index (χ1n) is 40.6. The Balaban J connectivity index is 0.000000108. The summed E-state index contributed by atoms with van der Waals surface area (Å²) in [6.07, 6.45) is 36.2. The Bertz CT molecular complexity index is 5240. The number of hydrogen-bond acceptors (Lipinski definition) is 8. The van der Waals surface area contributed by atoms with Gasteiger partial charge in [0.25, 0.3) is 0 Å². The fourth-order valence-electron chi connectivity index (χ4n) is 17.3. The summed E-state index contributed by atoms with van der Waals surface area (Å²) in [4.78, 5) is 24.5. The van der Waals surface area contributed by atoms with Crippen LogP contribution in [0.15, 0.2) is 225 Å². The van der Waals surface area contributed by atoms with Crippen LogP contribution in [-0.2, 0) is 64.8 Å². The number of likely N-dealkylation sites (N-methyl/N-ethyl adjacent to an activating group) is 5. The van der Waals surface area contributed by atoms with E-state index in [0.29, 0.717) is 0 Å². The second-order valence-corrected chi connectivity index (χ2v) is 31.9. The Morgan fingerprint density at radius 1 is 0.287 bits per heavy atom. The largest absolute Gasteiger partial charge is 0.320 e. The van der Waals surface area contributed by atoms with Gasteiger partial charge in [0.15, 0.2) is 0 Å². The third-order valence-electron chi connectivity index (χ3n) is 23.2. The molecule has 20 rings (SSSR count). The van der Waals surface area contributed by atoms with Gasteiger partial charge in [0.1, 0.15) is 5.82 Å². The van der Waals surface area contributed by atoms with Crippen LogP contribution in [0, 0.1) is 33.5 Å². The van der Waals surface area contributed by atoms with Gasteiger partial charge >= 0.3 is 0 Å². The molecule has 0 spiro atoms. The summed E-state index contributed by atoms with van der Waals surface area (Å²) in [5.41, 5.74) is 31.6. The van der Waals surface area contributed by atoms with Crippen LogP contribution >= 0.6 is 0 Å². The molecular formula is C101H104FN13. The van der Waals surface area contributed by atoms with Gasteiger partial charge in [-0.05, 0) is 240 Å². The van der Waals surface area contributed by atoms with E-state index in [-0.39, 0.29) is 5.82 Å². The number of rotatable bonds is 10. The number of halogens is 1. The Morgan fingerprint density at radius 3 is 0.939 bits per heavy atom. The molecule has 0 unspecified atom stereocenters. The molecule has 5 aliphatic rings. The van der Waals surface area contributed by atoms with Gasteiger partial charge in [0.05, 0.1) is 33.3 Å². The van der Waals surface area contributed by atoms with Crippen molar-refractivity contribution in [2.45, 2.75) is 92.5 Å². The number of aromatic nitrogens is 8. The first kappa shape index (κ1) is 77.1. The molecule has 13 nitrogen and oxygen atoms in total. The second-order valence-electron chi connectivity index (χ2n) is 31.9. The molecular weight excluding hydrogens is 1410 g/mol. The maximum Gasteiger partial charge on any atom is 0.123 e. The molecule has 0 saturated carbocycles. The average Bonchev–Trinajstić information content (AvgIpc) is 1.64. The Morgan fingerprint density at radius 2 is 0.600 bits per heavy atom. The highest BCUT2D eigenvalue weighted by Crippen LogP contribution is 2.38. The standard InChI is InChI=1S/2C21H22N2.2C20H21N3.C19H18FN3/c2*1-16-8-9-20-18(14-16)19-15-22(2)12-11-21(19)23(20)13-10-17-6-4-3-5-7-17;1-15-3-4-19-17(13-15)18-14-22(2)11-8-20(18)23(19)12-7-16-5-9-21-10-6-16;1-15-5-6-19-17(12-15)18-14-22(2)10-8-20(18)23(19)11-7-16-4-3-9-21-13-16;1-22-10-8-19-17(13-22)16-12-14(20)5-6-18(16)23(19)11-7-15-4-2-3-9-21-15/h2*3-10,13-14H,11-12,15H2,1-2H3;3-7,9-10,12-13H,8,11,14H2,1-2H3;3-7,9,11-13H,8,10,14H2,1-2H3;2-7,9,11-12H,8,10,13H2,1H3/b13-10+;13-10-;12-7+;11-7-;11-7+. The number of aryl methyl sites for hydroxylation is 4. The van der Waals surface area contributed by atoms with Gasteiger partial charge in [-0.15, -0.1) is 0 Å². The lowest BCUT2D eigenvalue weighted by atomic mass is 10.0. The molecule has 0 amide bonds. The average molecular weight is 1520 g/mol. The lowest BCUT2D eigenvalue weighted by Crippen LogP contribution is -2.26. The minimum absolute atomic E-state index is 0.181. The third-order valence-corrected chi connectivity index (χ3v) is 23.2. The molecule has 0 N–H and O–H groups in total. The monoisotopic (exact) mass is 1520 g/mol. The molecule has 115 heavy (non-hydrogen) atoms. The van der Waals surface area contributed by atoms with E-state index in [4.69, 9.17) is 0 Å². The van der Waals surface area contributed by atoms with Crippen LogP contribution in [0.2, 0.25) is 0 Å². The van der Waals surface area contributed by atoms with Crippen LogP contribution in [-0.4, -0.2) is 130 Å². The summed E-state index contributed by atoms with van der Waals surface area (Å²) in [7, 11) is 10.9. The topological polar surface area (TPSA) is 79.5 Å². The number of pyridine rings is 3. The van der Waals surface area contributed by atoms with Crippen molar-refractivity contribution in [2.75, 3.05) is 68.0 Å². The van der Waals surface area contributed by atoms with E-state index in [0.717, 1.165) is 120 Å². The van der Waals surface area contributed by atoms with Crippen LogP contribution in [0.25, 0.3) is 116 Å². The maximum absolute atomic E-state index is 13.7. The van der Waals surface area contributed by atoms with E-state index < -0.39 is 0 Å². The SMILES string of the molecule is CN1CCc2c(c3cc(F)ccc3n2/C=C/c2ccccn2)C1.Cc1ccc2c(c1)c1c(n2/C=C/c2ccccc2)CCN(C)C1.Cc1ccc2c(c1)c1c(n2/C=C/c2ccncc2)CCN(C)C1.Cc1ccc2c(c1)c1c(n2/C=C\c2ccccc2)CCN(C)C1.Cc1ccc2c(c1)c1c(n2/C=C\c2cccnc2)CCN(C)C1. The van der Waals surface area contributed by atoms with E-state index in [1.807, 2.05) is 79.5 Å². The molecule has 0 saturated heterocycles. The highest BCUT2D eigenvalue weighted by molar-refractivity contribution is 5.93. The quantitative estimate of drug-likeness (QED) is 0.134. The predicted molar refractivity (Wildman–Crippen MR) is 481 cm³/mol. The van der Waals surface area contributed by atoms with Crippen LogP contribution in [0.5, 0.6) is 0 Å². The van der Waals surface area contributed by atoms with Crippen LogP contribution in [0.4, 0.5) is 4.39 Å². The van der Waals surface area contributed by atoms with E-state index in [2.05, 4.69) is 314 Å². The summed E-state index contributed by atoms with van der Waals surface area (Å²) < 4.78 is 25.4. The number of hydrogen-bond donors (Lipinski definition) is 0. The van der Waals surface area contributed by atoms with Gasteiger partial charge in [0, 0.05) is 215 Å². The summed E-state index contributed by atoms with van der Waals surface area (Å²) in [5.74, 6) is -0.181. The van der Waals surface area contributed by atoms with Crippen LogP contribution < -0.4 is 0 Å². The molecule has 0 radical (unpaired) electrons. The molecule has 0 bridgehead atoms. The Kier molecular flexibility index (Phi) is 23.4. The molecule has 14 heteroatoms. The Labute approximate surface area is 676 Å². The van der Waals surface area contributed by atoms with Crippen molar-refractivity contribution < 1.29 is 4.39 Å². The highest BCUT2D eigenvalue weighted by atomic mass is 19.1. The molecule has 0 aliphatic carbocycles. The normalized spacial score (nSPS) is 15.4. The summed E-state index contributed by atoms with van der Waals surface area (Å²) >= 11 is 0. The first-order chi connectivity index (χ1) is 56.1. The van der Waals surface area contributed by atoms with Gasteiger partial charge in [-0.2, -0.15) is 0 Å².